The maximum Gasteiger partial charge on any atom is 0.240 e. The van der Waals surface area contributed by atoms with Gasteiger partial charge in [0.15, 0.2) is 0 Å². The Morgan fingerprint density at radius 1 is 0.815 bits per heavy atom. The molecule has 4 saturated heterocycles. The summed E-state index contributed by atoms with van der Waals surface area (Å²) in [5.74, 6) is -0.660. The minimum absolute atomic E-state index is 0.185. The highest BCUT2D eigenvalue weighted by molar-refractivity contribution is 6.17. The van der Waals surface area contributed by atoms with Gasteiger partial charge in [0.05, 0.1) is 17.1 Å². The molecule has 5 heterocycles. The number of benzene rings is 4. The van der Waals surface area contributed by atoms with E-state index in [0.717, 1.165) is 70.5 Å². The minimum Gasteiger partial charge on any atom is -0.457 e. The van der Waals surface area contributed by atoms with E-state index in [0.29, 0.717) is 83.1 Å². The molecular weight excluding hydrogens is 829 g/mol. The van der Waals surface area contributed by atoms with Gasteiger partial charge < -0.3 is 20.3 Å². The van der Waals surface area contributed by atoms with Gasteiger partial charge in [0, 0.05) is 74.2 Å². The standard InChI is InChI=1S/C51H53F2N7O5/c52-35-7-9-36(10-8-35)55-49(63)51(20-21-51)50(64)56-37-11-13-40(14-12-37)65-46-17-22-54-44-28-45(43(53)27-42(44)46)58-24-18-33(19-25-58)29-60-31-38-26-39(60)30-59(38)23-1-2-32-3-5-34(6-4-32)41-15-16-47(61)57-48(41)62/h3-14,17,22,27-28,33,38-39,41H,1-2,15-16,18-21,23-26,29-31H2,(H,55,63)(H,56,64)(H,57,61,62)/t38-,39-,41?/m0/s1. The predicted octanol–water partition coefficient (Wildman–Crippen LogP) is 7.79. The number of fused-ring (bicyclic) bond motifs is 3. The van der Waals surface area contributed by atoms with Gasteiger partial charge in [-0.3, -0.25) is 39.3 Å². The van der Waals surface area contributed by atoms with Crippen molar-refractivity contribution in [2.45, 2.75) is 75.8 Å². The maximum absolute atomic E-state index is 15.9. The quantitative estimate of drug-likeness (QED) is 0.0755. The van der Waals surface area contributed by atoms with Crippen molar-refractivity contribution >= 4 is 51.6 Å². The molecule has 0 radical (unpaired) electrons. The third-order valence-corrected chi connectivity index (χ3v) is 14.3. The smallest absolute Gasteiger partial charge is 0.240 e. The lowest BCUT2D eigenvalue weighted by Gasteiger charge is -2.39. The molecular formula is C51H53F2N7O5. The number of likely N-dealkylation sites (tertiary alicyclic amines) is 2. The van der Waals surface area contributed by atoms with Gasteiger partial charge in [-0.1, -0.05) is 24.3 Å². The van der Waals surface area contributed by atoms with E-state index in [1.54, 1.807) is 36.5 Å². The number of piperazine rings is 1. The third-order valence-electron chi connectivity index (χ3n) is 14.3. The van der Waals surface area contributed by atoms with Crippen molar-refractivity contribution in [1.82, 2.24) is 20.1 Å². The van der Waals surface area contributed by atoms with Crippen LogP contribution in [0.1, 0.15) is 68.4 Å². The van der Waals surface area contributed by atoms with Crippen LogP contribution in [0.2, 0.25) is 0 Å². The van der Waals surface area contributed by atoms with Crippen LogP contribution in [0.15, 0.2) is 97.2 Å². The molecule has 14 heteroatoms. The molecule has 1 aromatic heterocycles. The first-order chi connectivity index (χ1) is 31.6. The first kappa shape index (κ1) is 42.7. The Morgan fingerprint density at radius 3 is 2.15 bits per heavy atom. The molecule has 12 nitrogen and oxygen atoms in total. The van der Waals surface area contributed by atoms with Crippen LogP contribution in [0, 0.1) is 23.0 Å². The number of aryl methyl sites for hydroxylation is 1. The molecule has 5 aliphatic rings. The summed E-state index contributed by atoms with van der Waals surface area (Å²) in [5.41, 5.74) is 3.19. The number of piperidine rings is 2. The van der Waals surface area contributed by atoms with Crippen LogP contribution in [-0.4, -0.2) is 89.8 Å². The van der Waals surface area contributed by atoms with Crippen molar-refractivity contribution in [3.63, 3.8) is 0 Å². The Labute approximate surface area is 376 Å². The first-order valence-electron chi connectivity index (χ1n) is 23.0. The van der Waals surface area contributed by atoms with Crippen LogP contribution in [0.3, 0.4) is 0 Å². The number of hydrogen-bond donors (Lipinski definition) is 3. The molecule has 5 aromatic rings. The summed E-state index contributed by atoms with van der Waals surface area (Å²) in [6.07, 6.45) is 8.79. The maximum atomic E-state index is 15.9. The lowest BCUT2D eigenvalue weighted by molar-refractivity contribution is -0.134. The van der Waals surface area contributed by atoms with E-state index in [4.69, 9.17) is 4.74 Å². The SMILES string of the molecule is O=C1CCC(c2ccc(CCCN3C[C@@H]4C[C@H]3CN4CC3CCN(c4cc5nccc(Oc6ccc(NC(=O)C7(C(=O)Nc8ccc(F)cc8)CC7)cc6)c5cc4F)CC3)cc2)C(=O)N1. The van der Waals surface area contributed by atoms with Gasteiger partial charge in [-0.2, -0.15) is 0 Å². The lowest BCUT2D eigenvalue weighted by atomic mass is 9.90. The normalized spacial score (nSPS) is 21.9. The van der Waals surface area contributed by atoms with Crippen LogP contribution in [0.4, 0.5) is 25.8 Å². The average molecular weight is 882 g/mol. The fourth-order valence-corrected chi connectivity index (χ4v) is 10.3. The number of anilines is 3. The molecule has 3 atom stereocenters. The zero-order valence-corrected chi connectivity index (χ0v) is 36.2. The highest BCUT2D eigenvalue weighted by atomic mass is 19.1. The molecule has 1 saturated carbocycles. The van der Waals surface area contributed by atoms with Crippen LogP contribution < -0.4 is 25.6 Å². The van der Waals surface area contributed by atoms with Crippen LogP contribution in [-0.2, 0) is 25.6 Å². The van der Waals surface area contributed by atoms with Crippen molar-refractivity contribution in [2.24, 2.45) is 11.3 Å². The number of amides is 4. The Balaban J connectivity index is 0.675. The molecule has 4 aliphatic heterocycles. The first-order valence-corrected chi connectivity index (χ1v) is 23.0. The van der Waals surface area contributed by atoms with E-state index in [1.165, 1.54) is 42.3 Å². The lowest BCUT2D eigenvalue weighted by Crippen LogP contribution is -2.49. The number of hydrogen-bond acceptors (Lipinski definition) is 9. The minimum atomic E-state index is -1.18. The summed E-state index contributed by atoms with van der Waals surface area (Å²) in [6, 6.07) is 26.8. The summed E-state index contributed by atoms with van der Waals surface area (Å²) in [5, 5.41) is 8.57. The summed E-state index contributed by atoms with van der Waals surface area (Å²) in [7, 11) is 0. The van der Waals surface area contributed by atoms with Crippen molar-refractivity contribution in [2.75, 3.05) is 54.8 Å². The van der Waals surface area contributed by atoms with Gasteiger partial charge >= 0.3 is 0 Å². The molecule has 3 N–H and O–H groups in total. The second kappa shape index (κ2) is 18.0. The predicted molar refractivity (Wildman–Crippen MR) is 244 cm³/mol. The molecule has 2 bridgehead atoms. The second-order valence-corrected chi connectivity index (χ2v) is 18.5. The Morgan fingerprint density at radius 2 is 1.49 bits per heavy atom. The van der Waals surface area contributed by atoms with E-state index < -0.39 is 23.0 Å². The van der Waals surface area contributed by atoms with Gasteiger partial charge in [-0.25, -0.2) is 8.78 Å². The Bertz CT molecular complexity index is 2600. The van der Waals surface area contributed by atoms with Crippen molar-refractivity contribution in [1.29, 1.82) is 0 Å². The Kier molecular flexibility index (Phi) is 11.8. The third kappa shape index (κ3) is 9.19. The van der Waals surface area contributed by atoms with E-state index in [9.17, 15) is 23.6 Å². The highest BCUT2D eigenvalue weighted by Gasteiger charge is 2.56. The van der Waals surface area contributed by atoms with Crippen molar-refractivity contribution < 1.29 is 32.7 Å². The van der Waals surface area contributed by atoms with Gasteiger partial charge in [0.1, 0.15) is 28.5 Å². The molecule has 10 rings (SSSR count). The molecule has 5 fully saturated rings. The van der Waals surface area contributed by atoms with E-state index in [2.05, 4.69) is 47.8 Å². The summed E-state index contributed by atoms with van der Waals surface area (Å²) in [4.78, 5) is 62.0. The molecule has 1 aliphatic carbocycles. The fourth-order valence-electron chi connectivity index (χ4n) is 10.3. The number of ether oxygens (including phenoxy) is 1. The topological polar surface area (TPSA) is 136 Å². The largest absolute Gasteiger partial charge is 0.457 e. The van der Waals surface area contributed by atoms with Crippen molar-refractivity contribution in [3.8, 4) is 11.5 Å². The van der Waals surface area contributed by atoms with Crippen LogP contribution >= 0.6 is 0 Å². The monoisotopic (exact) mass is 881 g/mol. The molecule has 65 heavy (non-hydrogen) atoms. The number of carbonyl (C=O) groups is 4. The average Bonchev–Trinajstić information content (AvgIpc) is 3.91. The molecule has 4 amide bonds. The molecule has 0 spiro atoms. The molecule has 4 aromatic carbocycles. The summed E-state index contributed by atoms with van der Waals surface area (Å²) in [6.45, 7) is 5.98. The number of aromatic nitrogens is 1. The van der Waals surface area contributed by atoms with E-state index in [-0.39, 0.29) is 23.5 Å². The zero-order chi connectivity index (χ0) is 44.7. The fraction of sp³-hybridized carbons (Fsp3) is 0.392. The zero-order valence-electron chi connectivity index (χ0n) is 36.2. The van der Waals surface area contributed by atoms with Gasteiger partial charge in [-0.15, -0.1) is 0 Å². The van der Waals surface area contributed by atoms with E-state index >= 15 is 4.39 Å². The van der Waals surface area contributed by atoms with E-state index in [1.807, 2.05) is 18.2 Å². The van der Waals surface area contributed by atoms with Crippen LogP contribution in [0.25, 0.3) is 10.9 Å². The second-order valence-electron chi connectivity index (χ2n) is 18.5. The van der Waals surface area contributed by atoms with Gasteiger partial charge in [0.2, 0.25) is 23.6 Å². The highest BCUT2D eigenvalue weighted by Crippen LogP contribution is 2.48. The Hall–Kier alpha value is -6.25. The van der Waals surface area contributed by atoms with Crippen molar-refractivity contribution in [3.05, 3.63) is 120 Å². The number of carbonyl (C=O) groups excluding carboxylic acids is 4. The number of imide groups is 1. The number of halogens is 2. The van der Waals surface area contributed by atoms with Gasteiger partial charge in [-0.05, 0) is 142 Å². The van der Waals surface area contributed by atoms with Gasteiger partial charge in [0.25, 0.3) is 0 Å². The summed E-state index contributed by atoms with van der Waals surface area (Å²) >= 11 is 0. The number of nitrogens with one attached hydrogen (secondary N) is 3. The summed E-state index contributed by atoms with van der Waals surface area (Å²) < 4.78 is 35.4. The number of pyridine rings is 1. The van der Waals surface area contributed by atoms with Crippen LogP contribution in [0.5, 0.6) is 11.5 Å². The number of nitrogens with zero attached hydrogens (tertiary/aromatic N) is 4. The molecule has 336 valence electrons. The molecule has 1 unspecified atom stereocenters. The number of rotatable bonds is 14.